The second-order valence-electron chi connectivity index (χ2n) is 7.26. The van der Waals surface area contributed by atoms with Gasteiger partial charge in [0.15, 0.2) is 5.69 Å². The molecule has 8 nitrogen and oxygen atoms in total. The van der Waals surface area contributed by atoms with Gasteiger partial charge in [0.05, 0.1) is 32.3 Å². The third-order valence-electron chi connectivity index (χ3n) is 5.19. The molecule has 170 valence electrons. The van der Waals surface area contributed by atoms with Crippen LogP contribution in [0.5, 0.6) is 11.5 Å². The molecule has 0 fully saturated rings. The van der Waals surface area contributed by atoms with E-state index in [0.717, 1.165) is 17.0 Å². The fraction of sp³-hybridized carbons (Fsp3) is 0.227. The van der Waals surface area contributed by atoms with Gasteiger partial charge in [-0.1, -0.05) is 17.3 Å². The van der Waals surface area contributed by atoms with E-state index in [1.807, 2.05) is 28.8 Å². The molecule has 1 aliphatic heterocycles. The maximum Gasteiger partial charge on any atom is 0.573 e. The maximum absolute atomic E-state index is 12.3. The second-order valence-corrected chi connectivity index (χ2v) is 7.26. The number of aromatic nitrogens is 4. The minimum absolute atomic E-state index is 0.138. The molecule has 1 atom stereocenters. The van der Waals surface area contributed by atoms with Crippen LogP contribution in [0.4, 0.5) is 13.2 Å². The van der Waals surface area contributed by atoms with E-state index in [4.69, 9.17) is 14.0 Å². The number of hydrogen-bond acceptors (Lipinski definition) is 7. The summed E-state index contributed by atoms with van der Waals surface area (Å²) in [7, 11) is 1.62. The van der Waals surface area contributed by atoms with Crippen molar-refractivity contribution >= 4 is 0 Å². The highest BCUT2D eigenvalue weighted by Crippen LogP contribution is 2.33. The van der Waals surface area contributed by atoms with Crippen LogP contribution < -0.4 is 9.47 Å². The van der Waals surface area contributed by atoms with Crippen LogP contribution in [0.3, 0.4) is 0 Å². The van der Waals surface area contributed by atoms with Gasteiger partial charge in [-0.25, -0.2) is 4.98 Å². The van der Waals surface area contributed by atoms with Gasteiger partial charge in [-0.3, -0.25) is 0 Å². The molecule has 2 aromatic carbocycles. The van der Waals surface area contributed by atoms with Crippen LogP contribution in [-0.4, -0.2) is 33.2 Å². The third kappa shape index (κ3) is 4.40. The Balaban J connectivity index is 1.33. The Morgan fingerprint density at radius 1 is 1.03 bits per heavy atom. The third-order valence-corrected chi connectivity index (χ3v) is 5.19. The number of ether oxygens (including phenoxy) is 3. The Morgan fingerprint density at radius 2 is 1.76 bits per heavy atom. The molecule has 1 aliphatic rings. The largest absolute Gasteiger partial charge is 0.573 e. The van der Waals surface area contributed by atoms with Gasteiger partial charge in [0.1, 0.15) is 17.6 Å². The summed E-state index contributed by atoms with van der Waals surface area (Å²) < 4.78 is 59.4. The Labute approximate surface area is 185 Å². The van der Waals surface area contributed by atoms with Crippen LogP contribution >= 0.6 is 0 Å². The molecular weight excluding hydrogens is 441 g/mol. The lowest BCUT2D eigenvalue weighted by molar-refractivity contribution is -0.274. The fourth-order valence-corrected chi connectivity index (χ4v) is 3.57. The molecule has 0 amide bonds. The zero-order chi connectivity index (χ0) is 23.0. The first kappa shape index (κ1) is 21.0. The first-order valence-corrected chi connectivity index (χ1v) is 9.89. The normalized spacial score (nSPS) is 15.8. The van der Waals surface area contributed by atoms with Crippen LogP contribution in [0, 0.1) is 0 Å². The van der Waals surface area contributed by atoms with Gasteiger partial charge in [-0.15, -0.1) is 13.2 Å². The first-order valence-electron chi connectivity index (χ1n) is 9.89. The lowest BCUT2D eigenvalue weighted by atomic mass is 10.1. The summed E-state index contributed by atoms with van der Waals surface area (Å²) in [4.78, 5) is 8.75. The number of imidazole rings is 1. The predicted molar refractivity (Wildman–Crippen MR) is 108 cm³/mol. The molecule has 0 bridgehead atoms. The van der Waals surface area contributed by atoms with Crippen molar-refractivity contribution < 1.29 is 31.9 Å². The van der Waals surface area contributed by atoms with E-state index >= 15 is 0 Å². The van der Waals surface area contributed by atoms with Gasteiger partial charge >= 0.3 is 6.36 Å². The summed E-state index contributed by atoms with van der Waals surface area (Å²) in [6.45, 7) is 0.865. The van der Waals surface area contributed by atoms with E-state index in [1.54, 1.807) is 13.4 Å². The SMILES string of the molecule is COc1ccc([C@H]2Cn3cnc(-c4nc(-c5ccc(OC(F)(F)F)cc5)no4)c3CO2)cc1. The van der Waals surface area contributed by atoms with Gasteiger partial charge in [0, 0.05) is 5.56 Å². The molecule has 0 saturated carbocycles. The fourth-order valence-electron chi connectivity index (χ4n) is 3.57. The number of rotatable bonds is 5. The molecule has 0 unspecified atom stereocenters. The molecule has 0 aliphatic carbocycles. The summed E-state index contributed by atoms with van der Waals surface area (Å²) in [6, 6.07) is 12.9. The summed E-state index contributed by atoms with van der Waals surface area (Å²) in [5, 5.41) is 3.92. The van der Waals surface area contributed by atoms with Gasteiger partial charge in [-0.2, -0.15) is 4.98 Å². The van der Waals surface area contributed by atoms with E-state index in [0.29, 0.717) is 24.4 Å². The molecule has 5 rings (SSSR count). The predicted octanol–water partition coefficient (Wildman–Crippen LogP) is 4.78. The number of halogens is 3. The van der Waals surface area contributed by atoms with E-state index in [-0.39, 0.29) is 23.6 Å². The Kier molecular flexibility index (Phi) is 5.25. The number of hydrogen-bond donors (Lipinski definition) is 0. The quantitative estimate of drug-likeness (QED) is 0.426. The van der Waals surface area contributed by atoms with Crippen molar-refractivity contribution in [1.82, 2.24) is 19.7 Å². The highest BCUT2D eigenvalue weighted by molar-refractivity contribution is 5.59. The summed E-state index contributed by atoms with van der Waals surface area (Å²) in [5.74, 6) is 0.857. The van der Waals surface area contributed by atoms with Crippen molar-refractivity contribution in [3.8, 4) is 34.5 Å². The second kappa shape index (κ2) is 8.24. The van der Waals surface area contributed by atoms with E-state index in [2.05, 4.69) is 19.9 Å². The smallest absolute Gasteiger partial charge is 0.497 e. The van der Waals surface area contributed by atoms with Gasteiger partial charge < -0.3 is 23.3 Å². The average molecular weight is 458 g/mol. The molecule has 0 N–H and O–H groups in total. The van der Waals surface area contributed by atoms with Crippen LogP contribution in [0.15, 0.2) is 59.4 Å². The van der Waals surface area contributed by atoms with Crippen molar-refractivity contribution in [2.75, 3.05) is 7.11 Å². The molecule has 0 spiro atoms. The number of nitrogens with zero attached hydrogens (tertiary/aromatic N) is 4. The van der Waals surface area contributed by atoms with Crippen LogP contribution in [0.1, 0.15) is 17.4 Å². The molecule has 0 saturated heterocycles. The first-order chi connectivity index (χ1) is 15.9. The zero-order valence-corrected chi connectivity index (χ0v) is 17.2. The van der Waals surface area contributed by atoms with E-state index in [1.165, 1.54) is 24.3 Å². The van der Waals surface area contributed by atoms with Gasteiger partial charge in [0.25, 0.3) is 5.89 Å². The number of benzene rings is 2. The number of alkyl halides is 3. The minimum atomic E-state index is -4.75. The van der Waals surface area contributed by atoms with Crippen molar-refractivity contribution in [3.63, 3.8) is 0 Å². The molecule has 11 heteroatoms. The number of methoxy groups -OCH3 is 1. The Hall–Kier alpha value is -3.86. The van der Waals surface area contributed by atoms with E-state index in [9.17, 15) is 13.2 Å². The van der Waals surface area contributed by atoms with Crippen molar-refractivity contribution in [3.05, 3.63) is 66.1 Å². The summed E-state index contributed by atoms with van der Waals surface area (Å²) in [6.07, 6.45) is -3.20. The highest BCUT2D eigenvalue weighted by atomic mass is 19.4. The number of fused-ring (bicyclic) bond motifs is 1. The van der Waals surface area contributed by atoms with Crippen LogP contribution in [-0.2, 0) is 17.9 Å². The van der Waals surface area contributed by atoms with E-state index < -0.39 is 6.36 Å². The lowest BCUT2D eigenvalue weighted by Gasteiger charge is -2.25. The molecule has 2 aromatic heterocycles. The summed E-state index contributed by atoms with van der Waals surface area (Å²) >= 11 is 0. The van der Waals surface area contributed by atoms with Crippen molar-refractivity contribution in [2.24, 2.45) is 0 Å². The van der Waals surface area contributed by atoms with Crippen LogP contribution in [0.2, 0.25) is 0 Å². The zero-order valence-electron chi connectivity index (χ0n) is 17.2. The lowest BCUT2D eigenvalue weighted by Crippen LogP contribution is -2.20. The minimum Gasteiger partial charge on any atom is -0.497 e. The highest BCUT2D eigenvalue weighted by Gasteiger charge is 2.31. The molecule has 33 heavy (non-hydrogen) atoms. The summed E-state index contributed by atoms with van der Waals surface area (Å²) in [5.41, 5.74) is 2.79. The maximum atomic E-state index is 12.3. The molecular formula is C22H17F3N4O4. The molecule has 3 heterocycles. The monoisotopic (exact) mass is 458 g/mol. The van der Waals surface area contributed by atoms with Crippen LogP contribution in [0.25, 0.3) is 23.0 Å². The Bertz CT molecular complexity index is 1250. The van der Waals surface area contributed by atoms with Crippen molar-refractivity contribution in [1.29, 1.82) is 0 Å². The topological polar surface area (TPSA) is 84.4 Å². The molecule has 4 aromatic rings. The van der Waals surface area contributed by atoms with Gasteiger partial charge in [-0.05, 0) is 42.0 Å². The van der Waals surface area contributed by atoms with Gasteiger partial charge in [0.2, 0.25) is 5.82 Å². The molecule has 0 radical (unpaired) electrons. The van der Waals surface area contributed by atoms with Crippen molar-refractivity contribution in [2.45, 2.75) is 25.6 Å². The standard InChI is InChI=1S/C22H17F3N4O4/c1-30-15-6-2-13(3-7-15)18-10-29-12-26-19(17(29)11-31-18)21-27-20(28-33-21)14-4-8-16(9-5-14)32-22(23,24)25/h2-9,12,18H,10-11H2,1H3/t18-/m1/s1. The Morgan fingerprint density at radius 3 is 2.45 bits per heavy atom. The average Bonchev–Trinajstić information content (AvgIpc) is 3.45.